The van der Waals surface area contributed by atoms with Gasteiger partial charge in [-0.1, -0.05) is 29.3 Å². The summed E-state index contributed by atoms with van der Waals surface area (Å²) >= 11 is 12.2. The van der Waals surface area contributed by atoms with Crippen LogP contribution in [0.15, 0.2) is 36.4 Å². The van der Waals surface area contributed by atoms with Crippen molar-refractivity contribution in [3.8, 4) is 11.6 Å². The summed E-state index contributed by atoms with van der Waals surface area (Å²) in [4.78, 5) is 23.2. The monoisotopic (exact) mass is 664 g/mol. The largest absolute Gasteiger partial charge is 0.494 e. The number of imidazole rings is 1. The van der Waals surface area contributed by atoms with Crippen molar-refractivity contribution in [2.45, 2.75) is 57.8 Å². The van der Waals surface area contributed by atoms with Crippen LogP contribution >= 0.6 is 23.2 Å². The Morgan fingerprint density at radius 1 is 1.18 bits per heavy atom. The lowest BCUT2D eigenvalue weighted by Gasteiger charge is -2.35. The zero-order valence-corrected chi connectivity index (χ0v) is 25.8. The molecule has 0 spiro atoms. The normalized spacial score (nSPS) is 18.5. The quantitative estimate of drug-likeness (QED) is 0.205. The number of carboxylic acids is 1. The second kappa shape index (κ2) is 12.3. The van der Waals surface area contributed by atoms with Crippen molar-refractivity contribution >= 4 is 40.2 Å². The van der Waals surface area contributed by atoms with Gasteiger partial charge >= 0.3 is 12.1 Å². The number of ether oxygens (including phenoxy) is 3. The maximum Gasteiger partial charge on any atom is 0.421 e. The Labute approximate surface area is 266 Å². The number of aromatic carboxylic acids is 1. The van der Waals surface area contributed by atoms with E-state index in [4.69, 9.17) is 42.4 Å². The fraction of sp³-hybridized carbons (Fsp3) is 0.387. The predicted octanol–water partition coefficient (Wildman–Crippen LogP) is 6.95. The van der Waals surface area contributed by atoms with Crippen LogP contribution in [0.2, 0.25) is 10.0 Å². The minimum Gasteiger partial charge on any atom is -0.494 e. The van der Waals surface area contributed by atoms with E-state index in [1.54, 1.807) is 18.2 Å². The summed E-state index contributed by atoms with van der Waals surface area (Å²) in [6, 6.07) is 8.41. The Kier molecular flexibility index (Phi) is 8.59. The molecule has 1 N–H and O–H groups in total. The molecule has 6 rings (SSSR count). The second-order valence-corrected chi connectivity index (χ2v) is 11.9. The first-order valence-electron chi connectivity index (χ1n) is 14.3. The molecule has 2 aliphatic rings. The van der Waals surface area contributed by atoms with Gasteiger partial charge in [-0.15, -0.1) is 0 Å². The van der Waals surface area contributed by atoms with Crippen molar-refractivity contribution in [1.29, 1.82) is 0 Å². The van der Waals surface area contributed by atoms with Crippen LogP contribution in [0.4, 0.5) is 13.2 Å². The van der Waals surface area contributed by atoms with Crippen molar-refractivity contribution in [2.75, 3.05) is 20.3 Å². The molecule has 0 unspecified atom stereocenters. The highest BCUT2D eigenvalue weighted by atomic mass is 35.5. The van der Waals surface area contributed by atoms with Crippen LogP contribution in [0.1, 0.15) is 58.0 Å². The van der Waals surface area contributed by atoms with Crippen LogP contribution in [0.25, 0.3) is 11.0 Å². The Balaban J connectivity index is 1.33. The van der Waals surface area contributed by atoms with Gasteiger partial charge in [-0.2, -0.15) is 13.2 Å². The van der Waals surface area contributed by atoms with E-state index in [1.807, 2.05) is 11.5 Å². The van der Waals surface area contributed by atoms with E-state index in [0.29, 0.717) is 77.1 Å². The smallest absolute Gasteiger partial charge is 0.421 e. The number of rotatable bonds is 9. The number of hydrogen-bond donors (Lipinski definition) is 1. The number of methoxy groups -OCH3 is 1. The molecular weight excluding hydrogens is 636 g/mol. The third-order valence-electron chi connectivity index (χ3n) is 8.29. The summed E-state index contributed by atoms with van der Waals surface area (Å²) in [5.41, 5.74) is 1.68. The molecule has 4 aromatic rings. The first kappa shape index (κ1) is 31.4. The molecule has 0 radical (unpaired) electrons. The first-order chi connectivity index (χ1) is 21.4. The predicted molar refractivity (Wildman–Crippen MR) is 160 cm³/mol. The van der Waals surface area contributed by atoms with Gasteiger partial charge in [0.1, 0.15) is 29.3 Å². The molecule has 0 amide bonds. The van der Waals surface area contributed by atoms with E-state index < -0.39 is 23.6 Å². The number of pyridine rings is 1. The minimum absolute atomic E-state index is 0.0450. The summed E-state index contributed by atoms with van der Waals surface area (Å²) in [7, 11) is 1.46. The Hall–Kier alpha value is -3.58. The van der Waals surface area contributed by atoms with Crippen LogP contribution in [0.3, 0.4) is 0 Å². The summed E-state index contributed by atoms with van der Waals surface area (Å²) in [6.45, 7) is 3.55. The van der Waals surface area contributed by atoms with Crippen LogP contribution in [-0.2, 0) is 37.0 Å². The van der Waals surface area contributed by atoms with Gasteiger partial charge in [0.2, 0.25) is 5.88 Å². The van der Waals surface area contributed by atoms with Crippen LogP contribution < -0.4 is 9.47 Å². The number of carboxylic acid groups (broad SMARTS) is 1. The lowest BCUT2D eigenvalue weighted by molar-refractivity contribution is -0.139. The number of alkyl halides is 3. The lowest BCUT2D eigenvalue weighted by Crippen LogP contribution is -2.36. The molecule has 2 atom stereocenters. The Morgan fingerprint density at radius 3 is 2.60 bits per heavy atom. The Morgan fingerprint density at radius 2 is 1.96 bits per heavy atom. The topological polar surface area (TPSA) is 98.9 Å². The maximum absolute atomic E-state index is 14.1. The average molecular weight is 665 g/mol. The molecule has 1 fully saturated rings. The van der Waals surface area contributed by atoms with E-state index in [0.717, 1.165) is 12.5 Å². The highest BCUT2D eigenvalue weighted by Gasteiger charge is 2.39. The summed E-state index contributed by atoms with van der Waals surface area (Å²) in [5, 5.41) is 10.4. The van der Waals surface area contributed by atoms with Crippen LogP contribution in [-0.4, -0.2) is 56.9 Å². The molecule has 9 nitrogen and oxygen atoms in total. The molecule has 238 valence electrons. The Bertz CT molecular complexity index is 1780. The minimum atomic E-state index is -4.68. The van der Waals surface area contributed by atoms with E-state index in [9.17, 15) is 23.1 Å². The number of halogens is 5. The van der Waals surface area contributed by atoms with Gasteiger partial charge in [0.05, 0.1) is 49.1 Å². The average Bonchev–Trinajstić information content (AvgIpc) is 3.31. The number of benzene rings is 2. The molecule has 14 heteroatoms. The molecule has 1 saturated heterocycles. The first-order valence-corrected chi connectivity index (χ1v) is 15.0. The van der Waals surface area contributed by atoms with E-state index in [1.165, 1.54) is 19.2 Å². The van der Waals surface area contributed by atoms with Gasteiger partial charge in [0.15, 0.2) is 0 Å². The van der Waals surface area contributed by atoms with Crippen LogP contribution in [0.5, 0.6) is 11.6 Å². The number of nitrogens with zero attached hydrogens (tertiary/aromatic N) is 4. The molecule has 0 bridgehead atoms. The van der Waals surface area contributed by atoms with E-state index >= 15 is 0 Å². The zero-order chi connectivity index (χ0) is 32.0. The molecule has 2 aromatic heterocycles. The molecule has 0 saturated carbocycles. The molecule has 45 heavy (non-hydrogen) atoms. The summed E-state index contributed by atoms with van der Waals surface area (Å²) in [6.07, 6.45) is -3.53. The van der Waals surface area contributed by atoms with Gasteiger partial charge in [-0.25, -0.2) is 14.8 Å². The molecule has 2 aromatic carbocycles. The summed E-state index contributed by atoms with van der Waals surface area (Å²) < 4.78 is 61.1. The van der Waals surface area contributed by atoms with Crippen molar-refractivity contribution in [3.63, 3.8) is 0 Å². The van der Waals surface area contributed by atoms with Crippen molar-refractivity contribution < 1.29 is 37.3 Å². The van der Waals surface area contributed by atoms with Gasteiger partial charge in [-0.3, -0.25) is 4.90 Å². The van der Waals surface area contributed by atoms with Crippen molar-refractivity contribution in [1.82, 2.24) is 19.4 Å². The molecule has 0 aliphatic carbocycles. The standard InChI is InChI=1S/C31H29Cl2F3N4O5/c1-16-27-17(9-22(31(34,35)36)29(38-27)45-15-18-3-4-20(32)12-23(18)33)5-7-39(16)14-26-37-28-24(40(26)13-21-6-8-44-21)10-19(30(41)42)11-25(28)43-2/h3-4,9-12,16,21H,5-8,13-15H2,1-2H3,(H,41,42)/t16-,21-/m0/s1. The molecular formula is C31H29Cl2F3N4O5. The highest BCUT2D eigenvalue weighted by molar-refractivity contribution is 6.35. The molecule has 4 heterocycles. The van der Waals surface area contributed by atoms with Crippen LogP contribution in [0, 0.1) is 0 Å². The number of aromatic nitrogens is 3. The maximum atomic E-state index is 14.1. The van der Waals surface area contributed by atoms with Crippen molar-refractivity contribution in [2.24, 2.45) is 0 Å². The number of carbonyl (C=O) groups is 1. The van der Waals surface area contributed by atoms with E-state index in [-0.39, 0.29) is 29.3 Å². The van der Waals surface area contributed by atoms with Crippen molar-refractivity contribution in [3.05, 3.63) is 80.2 Å². The van der Waals surface area contributed by atoms with Gasteiger partial charge in [-0.05, 0) is 55.7 Å². The fourth-order valence-corrected chi connectivity index (χ4v) is 6.18. The van der Waals surface area contributed by atoms with Gasteiger partial charge in [0.25, 0.3) is 0 Å². The van der Waals surface area contributed by atoms with E-state index in [2.05, 4.69) is 9.88 Å². The third kappa shape index (κ3) is 6.29. The summed E-state index contributed by atoms with van der Waals surface area (Å²) in [5.74, 6) is -0.634. The SMILES string of the molecule is COc1cc(C(=O)O)cc2c1nc(CN1CCc3cc(C(F)(F)F)c(OCc4ccc(Cl)cc4Cl)nc3[C@@H]1C)n2C[C@@H]1CCO1. The lowest BCUT2D eigenvalue weighted by atomic mass is 9.97. The second-order valence-electron chi connectivity index (χ2n) is 11.1. The number of fused-ring (bicyclic) bond motifs is 2. The van der Waals surface area contributed by atoms with Gasteiger partial charge in [0, 0.05) is 28.8 Å². The number of hydrogen-bond acceptors (Lipinski definition) is 7. The van der Waals surface area contributed by atoms with Gasteiger partial charge < -0.3 is 23.9 Å². The fourth-order valence-electron chi connectivity index (χ4n) is 5.71. The third-order valence-corrected chi connectivity index (χ3v) is 8.87. The zero-order valence-electron chi connectivity index (χ0n) is 24.3. The molecule has 2 aliphatic heterocycles. The highest BCUT2D eigenvalue weighted by Crippen LogP contribution is 2.41.